The highest BCUT2D eigenvalue weighted by molar-refractivity contribution is 5.32. The van der Waals surface area contributed by atoms with Crippen molar-refractivity contribution in [3.63, 3.8) is 0 Å². The molecule has 0 radical (unpaired) electrons. The molecular formula is C16H26O. The Hall–Kier alpha value is -0.980. The van der Waals surface area contributed by atoms with E-state index >= 15 is 0 Å². The van der Waals surface area contributed by atoms with Crippen LogP contribution in [0.4, 0.5) is 0 Å². The predicted octanol–water partition coefficient (Wildman–Crippen LogP) is 4.93. The lowest BCUT2D eigenvalue weighted by Gasteiger charge is -2.25. The van der Waals surface area contributed by atoms with Crippen molar-refractivity contribution in [2.75, 3.05) is 0 Å². The number of hydrogen-bond donors (Lipinski definition) is 1. The standard InChI is InChI=1S/C16H26O/c1-4-5-6-9-12-16(2,3)13-14-10-7-8-11-15(14)17/h7-8,10-11,17H,4-6,9,12-13H2,1-3H3. The summed E-state index contributed by atoms with van der Waals surface area (Å²) in [5, 5.41) is 9.78. The van der Waals surface area contributed by atoms with Gasteiger partial charge in [-0.3, -0.25) is 0 Å². The minimum atomic E-state index is 0.284. The summed E-state index contributed by atoms with van der Waals surface area (Å²) >= 11 is 0. The van der Waals surface area contributed by atoms with Crippen LogP contribution in [0.25, 0.3) is 0 Å². The van der Waals surface area contributed by atoms with Gasteiger partial charge in [0.05, 0.1) is 0 Å². The average Bonchev–Trinajstić information content (AvgIpc) is 2.28. The molecule has 17 heavy (non-hydrogen) atoms. The van der Waals surface area contributed by atoms with Crippen molar-refractivity contribution in [2.24, 2.45) is 5.41 Å². The molecule has 0 saturated carbocycles. The number of unbranched alkanes of at least 4 members (excludes halogenated alkanes) is 3. The van der Waals surface area contributed by atoms with Gasteiger partial charge in [-0.2, -0.15) is 0 Å². The summed E-state index contributed by atoms with van der Waals surface area (Å²) in [6, 6.07) is 7.70. The molecule has 1 rings (SSSR count). The fourth-order valence-corrected chi connectivity index (χ4v) is 2.29. The van der Waals surface area contributed by atoms with Gasteiger partial charge in [-0.05, 0) is 29.9 Å². The molecule has 0 saturated heterocycles. The molecule has 0 aromatic heterocycles. The highest BCUT2D eigenvalue weighted by atomic mass is 16.3. The van der Waals surface area contributed by atoms with Crippen LogP contribution in [0.5, 0.6) is 5.75 Å². The normalized spacial score (nSPS) is 11.7. The van der Waals surface area contributed by atoms with E-state index in [1.165, 1.54) is 32.1 Å². The molecule has 0 unspecified atom stereocenters. The molecule has 1 N–H and O–H groups in total. The predicted molar refractivity (Wildman–Crippen MR) is 74.4 cm³/mol. The summed E-state index contributed by atoms with van der Waals surface area (Å²) in [7, 11) is 0. The van der Waals surface area contributed by atoms with Crippen LogP contribution >= 0.6 is 0 Å². The molecule has 0 spiro atoms. The fourth-order valence-electron chi connectivity index (χ4n) is 2.29. The molecule has 96 valence electrons. The largest absolute Gasteiger partial charge is 0.508 e. The second-order valence-electron chi connectivity index (χ2n) is 5.78. The molecule has 0 aliphatic carbocycles. The molecule has 0 heterocycles. The number of phenols is 1. The van der Waals surface area contributed by atoms with Crippen LogP contribution < -0.4 is 0 Å². The van der Waals surface area contributed by atoms with Crippen molar-refractivity contribution < 1.29 is 5.11 Å². The molecule has 1 aromatic carbocycles. The molecule has 0 bridgehead atoms. The maximum absolute atomic E-state index is 9.78. The molecular weight excluding hydrogens is 208 g/mol. The zero-order valence-corrected chi connectivity index (χ0v) is 11.5. The Kier molecular flexibility index (Phi) is 5.54. The van der Waals surface area contributed by atoms with E-state index < -0.39 is 0 Å². The molecule has 0 amide bonds. The first-order valence-corrected chi connectivity index (χ1v) is 6.82. The lowest BCUT2D eigenvalue weighted by molar-refractivity contribution is 0.312. The monoisotopic (exact) mass is 234 g/mol. The second kappa shape index (κ2) is 6.68. The lowest BCUT2D eigenvalue weighted by atomic mass is 9.81. The van der Waals surface area contributed by atoms with E-state index in [-0.39, 0.29) is 5.41 Å². The van der Waals surface area contributed by atoms with Crippen LogP contribution in [0, 0.1) is 5.41 Å². The summed E-state index contributed by atoms with van der Waals surface area (Å²) < 4.78 is 0. The van der Waals surface area contributed by atoms with Crippen LogP contribution in [0.2, 0.25) is 0 Å². The van der Waals surface area contributed by atoms with Crippen molar-refractivity contribution in [1.29, 1.82) is 0 Å². The van der Waals surface area contributed by atoms with Gasteiger partial charge in [-0.1, -0.05) is 64.7 Å². The summed E-state index contributed by atoms with van der Waals surface area (Å²) in [6.07, 6.45) is 7.47. The van der Waals surface area contributed by atoms with Crippen molar-refractivity contribution >= 4 is 0 Å². The third-order valence-corrected chi connectivity index (χ3v) is 3.37. The molecule has 1 heteroatoms. The van der Waals surface area contributed by atoms with Gasteiger partial charge < -0.3 is 5.11 Å². The highest BCUT2D eigenvalue weighted by Gasteiger charge is 2.19. The molecule has 0 fully saturated rings. The first-order valence-electron chi connectivity index (χ1n) is 6.82. The number of phenolic OH excluding ortho intramolecular Hbond substituents is 1. The minimum absolute atomic E-state index is 0.284. The van der Waals surface area contributed by atoms with E-state index in [9.17, 15) is 5.11 Å². The van der Waals surface area contributed by atoms with Crippen LogP contribution in [-0.2, 0) is 6.42 Å². The average molecular weight is 234 g/mol. The first kappa shape index (κ1) is 14.1. The third kappa shape index (κ3) is 5.25. The van der Waals surface area contributed by atoms with E-state index in [2.05, 4.69) is 20.8 Å². The molecule has 0 aliphatic heterocycles. The Labute approximate surface area is 106 Å². The second-order valence-corrected chi connectivity index (χ2v) is 5.78. The van der Waals surface area contributed by atoms with Gasteiger partial charge in [0.15, 0.2) is 0 Å². The van der Waals surface area contributed by atoms with E-state index in [1.54, 1.807) is 6.07 Å². The van der Waals surface area contributed by atoms with Gasteiger partial charge in [-0.25, -0.2) is 0 Å². The molecule has 1 nitrogen and oxygen atoms in total. The number of rotatable bonds is 7. The minimum Gasteiger partial charge on any atom is -0.508 e. The molecule has 0 atom stereocenters. The highest BCUT2D eigenvalue weighted by Crippen LogP contribution is 2.31. The first-order chi connectivity index (χ1) is 8.05. The van der Waals surface area contributed by atoms with E-state index in [1.807, 2.05) is 18.2 Å². The van der Waals surface area contributed by atoms with Crippen molar-refractivity contribution in [2.45, 2.75) is 59.3 Å². The van der Waals surface area contributed by atoms with Gasteiger partial charge in [0, 0.05) is 0 Å². The SMILES string of the molecule is CCCCCCC(C)(C)Cc1ccccc1O. The summed E-state index contributed by atoms with van der Waals surface area (Å²) in [4.78, 5) is 0. The van der Waals surface area contributed by atoms with Gasteiger partial charge in [0.25, 0.3) is 0 Å². The Morgan fingerprint density at radius 3 is 2.41 bits per heavy atom. The van der Waals surface area contributed by atoms with Crippen LogP contribution in [0.15, 0.2) is 24.3 Å². The van der Waals surface area contributed by atoms with Crippen molar-refractivity contribution in [3.05, 3.63) is 29.8 Å². The van der Waals surface area contributed by atoms with Crippen molar-refractivity contribution in [1.82, 2.24) is 0 Å². The maximum Gasteiger partial charge on any atom is 0.118 e. The number of hydrogen-bond acceptors (Lipinski definition) is 1. The Morgan fingerprint density at radius 1 is 1.06 bits per heavy atom. The Bertz CT molecular complexity index is 328. The fraction of sp³-hybridized carbons (Fsp3) is 0.625. The summed E-state index contributed by atoms with van der Waals surface area (Å²) in [5.41, 5.74) is 1.36. The Morgan fingerprint density at radius 2 is 1.76 bits per heavy atom. The Balaban J connectivity index is 2.46. The zero-order valence-electron chi connectivity index (χ0n) is 11.5. The molecule has 1 aromatic rings. The van der Waals surface area contributed by atoms with Crippen LogP contribution in [0.3, 0.4) is 0 Å². The quantitative estimate of drug-likeness (QED) is 0.663. The van der Waals surface area contributed by atoms with Gasteiger partial charge in [0.2, 0.25) is 0 Å². The van der Waals surface area contributed by atoms with Gasteiger partial charge in [0.1, 0.15) is 5.75 Å². The van der Waals surface area contributed by atoms with E-state index in [0.29, 0.717) is 5.75 Å². The zero-order chi connectivity index (χ0) is 12.7. The van der Waals surface area contributed by atoms with Crippen molar-refractivity contribution in [3.8, 4) is 5.75 Å². The topological polar surface area (TPSA) is 20.2 Å². The third-order valence-electron chi connectivity index (χ3n) is 3.37. The number of para-hydroxylation sites is 1. The lowest BCUT2D eigenvalue weighted by Crippen LogP contribution is -2.15. The van der Waals surface area contributed by atoms with Gasteiger partial charge in [-0.15, -0.1) is 0 Å². The van der Waals surface area contributed by atoms with Crippen LogP contribution in [0.1, 0.15) is 58.4 Å². The van der Waals surface area contributed by atoms with Crippen LogP contribution in [-0.4, -0.2) is 5.11 Å². The van der Waals surface area contributed by atoms with Gasteiger partial charge >= 0.3 is 0 Å². The smallest absolute Gasteiger partial charge is 0.118 e. The summed E-state index contributed by atoms with van der Waals surface area (Å²) in [5.74, 6) is 0.439. The molecule has 0 aliphatic rings. The van der Waals surface area contributed by atoms with E-state index in [4.69, 9.17) is 0 Å². The number of benzene rings is 1. The van der Waals surface area contributed by atoms with E-state index in [0.717, 1.165) is 12.0 Å². The summed E-state index contributed by atoms with van der Waals surface area (Å²) in [6.45, 7) is 6.84. The number of aromatic hydroxyl groups is 1. The maximum atomic E-state index is 9.78.